The average Bonchev–Trinajstić information content (AvgIpc) is 2.40. The first-order chi connectivity index (χ1) is 9.08. The quantitative estimate of drug-likeness (QED) is 0.665. The van der Waals surface area contributed by atoms with Crippen LogP contribution in [0.4, 0.5) is 5.69 Å². The van der Waals surface area contributed by atoms with Gasteiger partial charge in [-0.05, 0) is 41.1 Å². The summed E-state index contributed by atoms with van der Waals surface area (Å²) in [4.78, 5) is 22.4. The molecule has 0 heterocycles. The van der Waals surface area contributed by atoms with Crippen LogP contribution in [0.5, 0.6) is 0 Å². The van der Waals surface area contributed by atoms with Gasteiger partial charge in [0.05, 0.1) is 25.0 Å². The van der Waals surface area contributed by atoms with E-state index in [1.807, 2.05) is 0 Å². The molecule has 0 aromatic heterocycles. The second-order valence-electron chi connectivity index (χ2n) is 3.42. The molecule has 0 aliphatic rings. The highest BCUT2D eigenvalue weighted by molar-refractivity contribution is 9.10. The number of anilines is 1. The van der Waals surface area contributed by atoms with E-state index < -0.39 is 11.9 Å². The van der Waals surface area contributed by atoms with E-state index in [1.165, 1.54) is 19.4 Å². The van der Waals surface area contributed by atoms with Crippen LogP contribution in [0.2, 0.25) is 0 Å². The Morgan fingerprint density at radius 1 is 1.42 bits per heavy atom. The smallest absolute Gasteiger partial charge is 0.337 e. The van der Waals surface area contributed by atoms with Crippen LogP contribution in [0.15, 0.2) is 34.9 Å². The number of carbonyl (C=O) groups excluding carboxylic acids is 2. The zero-order valence-corrected chi connectivity index (χ0v) is 12.2. The van der Waals surface area contributed by atoms with E-state index in [0.717, 1.165) is 0 Å². The van der Waals surface area contributed by atoms with Gasteiger partial charge < -0.3 is 14.8 Å². The van der Waals surface area contributed by atoms with Crippen molar-refractivity contribution in [2.75, 3.05) is 19.0 Å². The first-order valence-corrected chi connectivity index (χ1v) is 6.35. The standard InChI is InChI=1S/C13H14BrNO4/c1-3-19-12(16)6-7-15-11-5-4-9(8-10(11)14)13(17)18-2/h4-8,15H,3H2,1-2H3/b7-6+. The summed E-state index contributed by atoms with van der Waals surface area (Å²) in [5.74, 6) is -0.827. The number of rotatable bonds is 5. The van der Waals surface area contributed by atoms with Gasteiger partial charge in [-0.15, -0.1) is 0 Å². The van der Waals surface area contributed by atoms with E-state index in [2.05, 4.69) is 26.0 Å². The fourth-order valence-corrected chi connectivity index (χ4v) is 1.76. The van der Waals surface area contributed by atoms with Crippen LogP contribution in [0.25, 0.3) is 0 Å². The molecule has 0 bridgehead atoms. The summed E-state index contributed by atoms with van der Waals surface area (Å²) in [6.45, 7) is 2.07. The fourth-order valence-electron chi connectivity index (χ4n) is 1.27. The zero-order valence-electron chi connectivity index (χ0n) is 10.6. The highest BCUT2D eigenvalue weighted by atomic mass is 79.9. The van der Waals surface area contributed by atoms with Crippen LogP contribution >= 0.6 is 15.9 Å². The number of halogens is 1. The molecule has 0 unspecified atom stereocenters. The summed E-state index contributed by atoms with van der Waals surface area (Å²) in [6, 6.07) is 4.95. The predicted octanol–water partition coefficient (Wildman–Crippen LogP) is 2.72. The van der Waals surface area contributed by atoms with Gasteiger partial charge in [0.25, 0.3) is 0 Å². The zero-order chi connectivity index (χ0) is 14.3. The number of methoxy groups -OCH3 is 1. The molecule has 1 N–H and O–H groups in total. The summed E-state index contributed by atoms with van der Waals surface area (Å²) in [6.07, 6.45) is 2.75. The molecule has 102 valence electrons. The van der Waals surface area contributed by atoms with Crippen LogP contribution in [0, 0.1) is 0 Å². The van der Waals surface area contributed by atoms with Crippen LogP contribution < -0.4 is 5.32 Å². The molecule has 0 atom stereocenters. The van der Waals surface area contributed by atoms with E-state index >= 15 is 0 Å². The lowest BCUT2D eigenvalue weighted by Crippen LogP contribution is -2.02. The maximum absolute atomic E-state index is 11.3. The summed E-state index contributed by atoms with van der Waals surface area (Å²) < 4.78 is 10.0. The first kappa shape index (κ1) is 15.2. The summed E-state index contributed by atoms with van der Waals surface area (Å²) in [7, 11) is 1.32. The Balaban J connectivity index is 2.70. The number of carbonyl (C=O) groups is 2. The Morgan fingerprint density at radius 2 is 2.16 bits per heavy atom. The van der Waals surface area contributed by atoms with Crippen LogP contribution in [0.3, 0.4) is 0 Å². The molecule has 0 radical (unpaired) electrons. The number of esters is 2. The fraction of sp³-hybridized carbons (Fsp3) is 0.231. The number of hydrogen-bond donors (Lipinski definition) is 1. The van der Waals surface area contributed by atoms with Crippen LogP contribution in [-0.4, -0.2) is 25.7 Å². The van der Waals surface area contributed by atoms with Crippen molar-refractivity contribution < 1.29 is 19.1 Å². The summed E-state index contributed by atoms with van der Waals surface area (Å²) in [5, 5.41) is 2.91. The molecule has 0 aliphatic heterocycles. The molecule has 19 heavy (non-hydrogen) atoms. The van der Waals surface area contributed by atoms with Crippen molar-refractivity contribution in [3.63, 3.8) is 0 Å². The van der Waals surface area contributed by atoms with E-state index in [0.29, 0.717) is 22.3 Å². The highest BCUT2D eigenvalue weighted by Crippen LogP contribution is 2.24. The average molecular weight is 328 g/mol. The molecule has 0 amide bonds. The third-order valence-electron chi connectivity index (χ3n) is 2.14. The third kappa shape index (κ3) is 4.75. The van der Waals surface area contributed by atoms with Crippen LogP contribution in [0.1, 0.15) is 17.3 Å². The minimum Gasteiger partial charge on any atom is -0.465 e. The highest BCUT2D eigenvalue weighted by Gasteiger charge is 2.07. The number of nitrogens with one attached hydrogen (secondary N) is 1. The Bertz CT molecular complexity index is 499. The monoisotopic (exact) mass is 327 g/mol. The largest absolute Gasteiger partial charge is 0.465 e. The van der Waals surface area contributed by atoms with Crippen molar-refractivity contribution in [3.05, 3.63) is 40.5 Å². The molecule has 5 nitrogen and oxygen atoms in total. The molecule has 0 aliphatic carbocycles. The lowest BCUT2D eigenvalue weighted by Gasteiger charge is -2.06. The topological polar surface area (TPSA) is 64.6 Å². The van der Waals surface area contributed by atoms with Crippen molar-refractivity contribution >= 4 is 33.6 Å². The van der Waals surface area contributed by atoms with Gasteiger partial charge in [-0.1, -0.05) is 0 Å². The predicted molar refractivity (Wildman–Crippen MR) is 74.9 cm³/mol. The second-order valence-corrected chi connectivity index (χ2v) is 4.27. The summed E-state index contributed by atoms with van der Waals surface area (Å²) >= 11 is 3.32. The first-order valence-electron chi connectivity index (χ1n) is 5.56. The Labute approximate surface area is 119 Å². The SMILES string of the molecule is CCOC(=O)/C=C/Nc1ccc(C(=O)OC)cc1Br. The molecule has 0 spiro atoms. The lowest BCUT2D eigenvalue weighted by molar-refractivity contribution is -0.137. The van der Waals surface area contributed by atoms with Gasteiger partial charge in [-0.3, -0.25) is 0 Å². The van der Waals surface area contributed by atoms with E-state index in [4.69, 9.17) is 4.74 Å². The third-order valence-corrected chi connectivity index (χ3v) is 2.79. The minimum atomic E-state index is -0.419. The van der Waals surface area contributed by atoms with Gasteiger partial charge in [0.1, 0.15) is 0 Å². The van der Waals surface area contributed by atoms with E-state index in [-0.39, 0.29) is 0 Å². The van der Waals surface area contributed by atoms with Crippen molar-refractivity contribution in [1.82, 2.24) is 0 Å². The molecular weight excluding hydrogens is 314 g/mol. The van der Waals surface area contributed by atoms with E-state index in [9.17, 15) is 9.59 Å². The number of hydrogen-bond acceptors (Lipinski definition) is 5. The second kappa shape index (κ2) is 7.58. The molecule has 1 rings (SSSR count). The molecule has 6 heteroatoms. The van der Waals surface area contributed by atoms with Crippen molar-refractivity contribution in [1.29, 1.82) is 0 Å². The van der Waals surface area contributed by atoms with Crippen molar-refractivity contribution in [2.45, 2.75) is 6.92 Å². The molecule has 1 aromatic rings. The number of benzene rings is 1. The van der Waals surface area contributed by atoms with Gasteiger partial charge in [-0.25, -0.2) is 9.59 Å². The maximum atomic E-state index is 11.3. The Morgan fingerprint density at radius 3 is 2.74 bits per heavy atom. The van der Waals surface area contributed by atoms with Crippen LogP contribution in [-0.2, 0) is 14.3 Å². The molecule has 0 saturated carbocycles. The lowest BCUT2D eigenvalue weighted by atomic mass is 10.2. The molecule has 1 aromatic carbocycles. The van der Waals surface area contributed by atoms with Gasteiger partial charge in [0.15, 0.2) is 0 Å². The van der Waals surface area contributed by atoms with Gasteiger partial charge >= 0.3 is 11.9 Å². The number of ether oxygens (including phenoxy) is 2. The van der Waals surface area contributed by atoms with Crippen molar-refractivity contribution in [3.8, 4) is 0 Å². The normalized spacial score (nSPS) is 10.3. The van der Waals surface area contributed by atoms with Crippen molar-refractivity contribution in [2.24, 2.45) is 0 Å². The maximum Gasteiger partial charge on any atom is 0.337 e. The molecule has 0 fully saturated rings. The van der Waals surface area contributed by atoms with Gasteiger partial charge in [0.2, 0.25) is 0 Å². The molecule has 0 saturated heterocycles. The van der Waals surface area contributed by atoms with Gasteiger partial charge in [0, 0.05) is 16.7 Å². The minimum absolute atomic E-state index is 0.334. The summed E-state index contributed by atoms with van der Waals surface area (Å²) in [5.41, 5.74) is 1.16. The Hall–Kier alpha value is -1.82. The van der Waals surface area contributed by atoms with E-state index in [1.54, 1.807) is 25.1 Å². The molecular formula is C13H14BrNO4. The van der Waals surface area contributed by atoms with Gasteiger partial charge in [-0.2, -0.15) is 0 Å². The Kier molecular flexibility index (Phi) is 6.08.